The van der Waals surface area contributed by atoms with E-state index in [4.69, 9.17) is 9.47 Å². The highest BCUT2D eigenvalue weighted by Crippen LogP contribution is 2.46. The highest BCUT2D eigenvalue weighted by Gasteiger charge is 2.50. The normalized spacial score (nSPS) is 41.4. The van der Waals surface area contributed by atoms with E-state index in [0.717, 1.165) is 12.8 Å². The molecule has 1 saturated carbocycles. The van der Waals surface area contributed by atoms with Crippen LogP contribution in [-0.2, 0) is 9.47 Å². The van der Waals surface area contributed by atoms with Crippen LogP contribution < -0.4 is 0 Å². The Morgan fingerprint density at radius 1 is 1.39 bits per heavy atom. The zero-order valence-corrected chi connectivity index (χ0v) is 12.7. The topological polar surface area (TPSA) is 38.7 Å². The molecule has 0 aromatic rings. The fraction of sp³-hybridized carbons (Fsp3) is 0.846. The Labute approximate surface area is 118 Å². The van der Waals surface area contributed by atoms with Gasteiger partial charge in [0.2, 0.25) is 0 Å². The van der Waals surface area contributed by atoms with E-state index in [1.165, 1.54) is 0 Å². The number of hydrogen-bond donors (Lipinski definition) is 1. The third kappa shape index (κ3) is 2.90. The molecule has 0 amide bonds. The fourth-order valence-corrected chi connectivity index (χ4v) is 4.36. The SMILES string of the molecule is CO[C@@H]1C[C@H]2[C@@H](O)[C@H](C(C=CSC)SC)C[C@H]2O1. The van der Waals surface area contributed by atoms with E-state index in [-0.39, 0.29) is 24.4 Å². The smallest absolute Gasteiger partial charge is 0.158 e. The molecule has 1 unspecified atom stereocenters. The van der Waals surface area contributed by atoms with Crippen molar-refractivity contribution >= 4 is 23.5 Å². The molecular formula is C13H22O3S2. The summed E-state index contributed by atoms with van der Waals surface area (Å²) in [5.74, 6) is 0.550. The number of aliphatic hydroxyl groups is 1. The van der Waals surface area contributed by atoms with E-state index in [9.17, 15) is 5.11 Å². The molecule has 0 spiro atoms. The Morgan fingerprint density at radius 2 is 2.17 bits per heavy atom. The molecule has 104 valence electrons. The average molecular weight is 290 g/mol. The van der Waals surface area contributed by atoms with Crippen molar-refractivity contribution in [2.45, 2.75) is 36.6 Å². The standard InChI is InChI=1S/C13H22O3S2/c1-15-12-7-8-10(16-12)6-9(13(8)14)11(18-3)4-5-17-2/h4-5,8-14H,6-7H2,1-3H3/t8-,9+,10-,11?,12+,13-/m1/s1. The van der Waals surface area contributed by atoms with Gasteiger partial charge in [0, 0.05) is 30.6 Å². The molecule has 6 atom stereocenters. The second-order valence-electron chi connectivity index (χ2n) is 4.89. The van der Waals surface area contributed by atoms with Crippen molar-refractivity contribution in [1.82, 2.24) is 0 Å². The van der Waals surface area contributed by atoms with Crippen LogP contribution in [0.25, 0.3) is 0 Å². The maximum Gasteiger partial charge on any atom is 0.158 e. The highest BCUT2D eigenvalue weighted by atomic mass is 32.2. The second kappa shape index (κ2) is 6.66. The number of aliphatic hydroxyl groups excluding tert-OH is 1. The van der Waals surface area contributed by atoms with Gasteiger partial charge in [0.05, 0.1) is 12.2 Å². The van der Waals surface area contributed by atoms with E-state index in [1.807, 2.05) is 11.8 Å². The highest BCUT2D eigenvalue weighted by molar-refractivity contribution is 8.01. The van der Waals surface area contributed by atoms with Gasteiger partial charge < -0.3 is 14.6 Å². The van der Waals surface area contributed by atoms with Crippen LogP contribution in [0.3, 0.4) is 0 Å². The van der Waals surface area contributed by atoms with E-state index in [0.29, 0.717) is 11.2 Å². The largest absolute Gasteiger partial charge is 0.392 e. The van der Waals surface area contributed by atoms with E-state index in [2.05, 4.69) is 24.0 Å². The number of rotatable bonds is 5. The zero-order chi connectivity index (χ0) is 13.1. The molecule has 1 N–H and O–H groups in total. The Kier molecular flexibility index (Phi) is 5.45. The lowest BCUT2D eigenvalue weighted by atomic mass is 9.96. The van der Waals surface area contributed by atoms with Gasteiger partial charge in [-0.05, 0) is 24.3 Å². The molecular weight excluding hydrogens is 268 g/mol. The van der Waals surface area contributed by atoms with Gasteiger partial charge in [0.25, 0.3) is 0 Å². The first-order chi connectivity index (χ1) is 8.71. The Bertz CT molecular complexity index is 298. The second-order valence-corrected chi connectivity index (χ2v) is 6.65. The monoisotopic (exact) mass is 290 g/mol. The van der Waals surface area contributed by atoms with Crippen LogP contribution in [-0.4, -0.2) is 48.5 Å². The lowest BCUT2D eigenvalue weighted by Gasteiger charge is -2.24. The molecule has 5 heteroatoms. The molecule has 18 heavy (non-hydrogen) atoms. The summed E-state index contributed by atoms with van der Waals surface area (Å²) >= 11 is 3.51. The molecule has 2 fully saturated rings. The van der Waals surface area contributed by atoms with Crippen LogP contribution in [0, 0.1) is 11.8 Å². The summed E-state index contributed by atoms with van der Waals surface area (Å²) in [6, 6.07) is 0. The molecule has 0 aromatic carbocycles. The van der Waals surface area contributed by atoms with Crippen LogP contribution in [0.2, 0.25) is 0 Å². The van der Waals surface area contributed by atoms with Crippen molar-refractivity contribution < 1.29 is 14.6 Å². The lowest BCUT2D eigenvalue weighted by molar-refractivity contribution is -0.116. The molecule has 2 aliphatic rings. The van der Waals surface area contributed by atoms with Gasteiger partial charge in [-0.25, -0.2) is 0 Å². The molecule has 1 heterocycles. The summed E-state index contributed by atoms with van der Waals surface area (Å²) in [5, 5.41) is 13.0. The van der Waals surface area contributed by atoms with E-state index in [1.54, 1.807) is 18.9 Å². The van der Waals surface area contributed by atoms with Crippen molar-refractivity contribution in [1.29, 1.82) is 0 Å². The molecule has 0 aromatic heterocycles. The number of fused-ring (bicyclic) bond motifs is 1. The third-order valence-electron chi connectivity index (χ3n) is 4.01. The predicted octanol–water partition coefficient (Wildman–Crippen LogP) is 2.35. The van der Waals surface area contributed by atoms with E-state index < -0.39 is 0 Å². The van der Waals surface area contributed by atoms with Crippen LogP contribution in [0.4, 0.5) is 0 Å². The van der Waals surface area contributed by atoms with Gasteiger partial charge in [-0.2, -0.15) is 11.8 Å². The Morgan fingerprint density at radius 3 is 2.72 bits per heavy atom. The fourth-order valence-electron chi connectivity index (χ4n) is 3.07. The number of hydrogen-bond acceptors (Lipinski definition) is 5. The third-order valence-corrected chi connectivity index (χ3v) is 5.49. The maximum absolute atomic E-state index is 10.5. The van der Waals surface area contributed by atoms with Crippen molar-refractivity contribution in [2.75, 3.05) is 19.6 Å². The average Bonchev–Trinajstić information content (AvgIpc) is 2.91. The summed E-state index contributed by atoms with van der Waals surface area (Å²) < 4.78 is 11.0. The molecule has 1 saturated heterocycles. The molecule has 1 aliphatic carbocycles. The minimum Gasteiger partial charge on any atom is -0.392 e. The predicted molar refractivity (Wildman–Crippen MR) is 77.8 cm³/mol. The van der Waals surface area contributed by atoms with Gasteiger partial charge >= 0.3 is 0 Å². The first-order valence-electron chi connectivity index (χ1n) is 6.29. The molecule has 2 rings (SSSR count). The summed E-state index contributed by atoms with van der Waals surface area (Å²) in [7, 11) is 1.67. The number of thioether (sulfide) groups is 2. The first kappa shape index (κ1) is 14.7. The van der Waals surface area contributed by atoms with Crippen molar-refractivity contribution in [3.63, 3.8) is 0 Å². The summed E-state index contributed by atoms with van der Waals surface area (Å²) in [6.45, 7) is 0. The minimum absolute atomic E-state index is 0.120. The Balaban J connectivity index is 1.99. The molecule has 0 radical (unpaired) electrons. The molecule has 3 nitrogen and oxygen atoms in total. The lowest BCUT2D eigenvalue weighted by Crippen LogP contribution is -2.28. The van der Waals surface area contributed by atoms with Crippen LogP contribution in [0.1, 0.15) is 12.8 Å². The van der Waals surface area contributed by atoms with Crippen LogP contribution >= 0.6 is 23.5 Å². The maximum atomic E-state index is 10.5. The number of methoxy groups -OCH3 is 1. The van der Waals surface area contributed by atoms with Gasteiger partial charge in [0.1, 0.15) is 0 Å². The van der Waals surface area contributed by atoms with Gasteiger partial charge in [0.15, 0.2) is 6.29 Å². The van der Waals surface area contributed by atoms with Crippen molar-refractivity contribution in [2.24, 2.45) is 11.8 Å². The van der Waals surface area contributed by atoms with Crippen LogP contribution in [0.5, 0.6) is 0 Å². The zero-order valence-electron chi connectivity index (χ0n) is 11.1. The first-order valence-corrected chi connectivity index (χ1v) is 8.87. The Hall–Kier alpha value is 0.320. The van der Waals surface area contributed by atoms with Crippen LogP contribution in [0.15, 0.2) is 11.5 Å². The van der Waals surface area contributed by atoms with Gasteiger partial charge in [-0.3, -0.25) is 0 Å². The van der Waals surface area contributed by atoms with Gasteiger partial charge in [-0.1, -0.05) is 6.08 Å². The summed E-state index contributed by atoms with van der Waals surface area (Å²) in [5.41, 5.74) is 0. The summed E-state index contributed by atoms with van der Waals surface area (Å²) in [4.78, 5) is 0. The van der Waals surface area contributed by atoms with E-state index >= 15 is 0 Å². The molecule has 1 aliphatic heterocycles. The van der Waals surface area contributed by atoms with Crippen molar-refractivity contribution in [3.05, 3.63) is 11.5 Å². The van der Waals surface area contributed by atoms with Gasteiger partial charge in [-0.15, -0.1) is 11.8 Å². The minimum atomic E-state index is -0.265. The summed E-state index contributed by atoms with van der Waals surface area (Å²) in [6.07, 6.45) is 7.92. The quantitative estimate of drug-likeness (QED) is 0.841. The number of ether oxygens (including phenoxy) is 2. The molecule has 0 bridgehead atoms. The van der Waals surface area contributed by atoms with Crippen molar-refractivity contribution in [3.8, 4) is 0 Å².